The Hall–Kier alpha value is -1.69. The van der Waals surface area contributed by atoms with Gasteiger partial charge in [0.05, 0.1) is 17.9 Å². The van der Waals surface area contributed by atoms with Crippen molar-refractivity contribution >= 4 is 5.91 Å². The highest BCUT2D eigenvalue weighted by molar-refractivity contribution is 5.95. The summed E-state index contributed by atoms with van der Waals surface area (Å²) >= 11 is 0. The Bertz CT molecular complexity index is 387. The number of carbonyl (C=O) groups is 1. The van der Waals surface area contributed by atoms with Crippen molar-refractivity contribution in [3.8, 4) is 12.3 Å². The summed E-state index contributed by atoms with van der Waals surface area (Å²) in [6, 6.07) is 1.48. The van der Waals surface area contributed by atoms with Gasteiger partial charge in [0.1, 0.15) is 5.76 Å². The van der Waals surface area contributed by atoms with Crippen LogP contribution in [0.25, 0.3) is 0 Å². The molecule has 1 aromatic heterocycles. The number of amides is 1. The molecule has 0 aliphatic rings. The standard InChI is InChI=1S/C13H17NO2/c1-4-7-10(5-2)14-13(15)11-8-9-16-12(11)6-3/h2,8-10H,4,6-7H2,1,3H3,(H,14,15). The second-order valence-electron chi connectivity index (χ2n) is 3.59. The molecule has 0 fully saturated rings. The maximum atomic E-state index is 11.9. The smallest absolute Gasteiger partial charge is 0.255 e. The highest BCUT2D eigenvalue weighted by Gasteiger charge is 2.15. The van der Waals surface area contributed by atoms with Gasteiger partial charge in [0.2, 0.25) is 0 Å². The molecule has 1 N–H and O–H groups in total. The number of rotatable bonds is 5. The van der Waals surface area contributed by atoms with E-state index in [2.05, 4.69) is 11.2 Å². The number of hydrogen-bond donors (Lipinski definition) is 1. The van der Waals surface area contributed by atoms with Crippen molar-refractivity contribution in [2.45, 2.75) is 39.2 Å². The number of hydrogen-bond acceptors (Lipinski definition) is 2. The first-order valence-electron chi connectivity index (χ1n) is 5.56. The Kier molecular flexibility index (Phi) is 4.65. The molecule has 3 heteroatoms. The van der Waals surface area contributed by atoms with E-state index < -0.39 is 0 Å². The van der Waals surface area contributed by atoms with Crippen molar-refractivity contribution in [2.75, 3.05) is 0 Å². The molecule has 1 amide bonds. The van der Waals surface area contributed by atoms with Crippen LogP contribution in [0.15, 0.2) is 16.7 Å². The third-order valence-electron chi connectivity index (χ3n) is 2.40. The van der Waals surface area contributed by atoms with E-state index in [-0.39, 0.29) is 11.9 Å². The van der Waals surface area contributed by atoms with Crippen LogP contribution >= 0.6 is 0 Å². The highest BCUT2D eigenvalue weighted by atomic mass is 16.3. The van der Waals surface area contributed by atoms with Crippen LogP contribution in [-0.4, -0.2) is 11.9 Å². The van der Waals surface area contributed by atoms with Crippen molar-refractivity contribution in [1.82, 2.24) is 5.32 Å². The number of nitrogens with one attached hydrogen (secondary N) is 1. The topological polar surface area (TPSA) is 42.2 Å². The zero-order chi connectivity index (χ0) is 12.0. The predicted octanol–water partition coefficient (Wildman–Crippen LogP) is 2.37. The van der Waals surface area contributed by atoms with Gasteiger partial charge in [-0.05, 0) is 12.5 Å². The van der Waals surface area contributed by atoms with Gasteiger partial charge in [0.15, 0.2) is 0 Å². The van der Waals surface area contributed by atoms with E-state index in [1.807, 2.05) is 13.8 Å². The predicted molar refractivity (Wildman–Crippen MR) is 63.1 cm³/mol. The molecule has 0 aliphatic carbocycles. The number of furan rings is 1. The van der Waals surface area contributed by atoms with Gasteiger partial charge in [0.25, 0.3) is 5.91 Å². The van der Waals surface area contributed by atoms with Crippen LogP contribution < -0.4 is 5.32 Å². The Labute approximate surface area is 96.2 Å². The fourth-order valence-electron chi connectivity index (χ4n) is 1.54. The molecule has 3 nitrogen and oxygen atoms in total. The third kappa shape index (κ3) is 2.90. The minimum atomic E-state index is -0.197. The molecule has 0 bridgehead atoms. The maximum Gasteiger partial charge on any atom is 0.255 e. The molecule has 86 valence electrons. The Balaban J connectivity index is 2.68. The molecule has 0 saturated carbocycles. The van der Waals surface area contributed by atoms with Crippen molar-refractivity contribution in [3.05, 3.63) is 23.7 Å². The molecule has 1 unspecified atom stereocenters. The van der Waals surface area contributed by atoms with Gasteiger partial charge in [-0.1, -0.05) is 26.2 Å². The van der Waals surface area contributed by atoms with Crippen LogP contribution in [-0.2, 0) is 6.42 Å². The molecule has 0 radical (unpaired) electrons. The average molecular weight is 219 g/mol. The first-order valence-corrected chi connectivity index (χ1v) is 5.56. The fraction of sp³-hybridized carbons (Fsp3) is 0.462. The Morgan fingerprint density at radius 3 is 2.94 bits per heavy atom. The maximum absolute atomic E-state index is 11.9. The summed E-state index contributed by atoms with van der Waals surface area (Å²) in [6.07, 6.45) is 9.31. The summed E-state index contributed by atoms with van der Waals surface area (Å²) in [5.74, 6) is 3.12. The summed E-state index contributed by atoms with van der Waals surface area (Å²) < 4.78 is 5.20. The third-order valence-corrected chi connectivity index (χ3v) is 2.40. The van der Waals surface area contributed by atoms with Crippen LogP contribution in [0.1, 0.15) is 42.8 Å². The zero-order valence-corrected chi connectivity index (χ0v) is 9.75. The quantitative estimate of drug-likeness (QED) is 0.772. The van der Waals surface area contributed by atoms with Crippen molar-refractivity contribution in [3.63, 3.8) is 0 Å². The normalized spacial score (nSPS) is 11.8. The molecule has 1 atom stereocenters. The van der Waals surface area contributed by atoms with Gasteiger partial charge in [-0.2, -0.15) is 0 Å². The van der Waals surface area contributed by atoms with Gasteiger partial charge in [-0.3, -0.25) is 4.79 Å². The van der Waals surface area contributed by atoms with Crippen molar-refractivity contribution in [1.29, 1.82) is 0 Å². The van der Waals surface area contributed by atoms with Crippen LogP contribution in [0, 0.1) is 12.3 Å². The molecule has 1 heterocycles. The van der Waals surface area contributed by atoms with Gasteiger partial charge in [0, 0.05) is 6.42 Å². The highest BCUT2D eigenvalue weighted by Crippen LogP contribution is 2.11. The summed E-state index contributed by atoms with van der Waals surface area (Å²) in [5.41, 5.74) is 0.582. The molecule has 0 aromatic carbocycles. The second kappa shape index (κ2) is 6.02. The minimum absolute atomic E-state index is 0.151. The molecule has 0 spiro atoms. The van der Waals surface area contributed by atoms with E-state index in [1.165, 1.54) is 6.26 Å². The molecule has 1 aromatic rings. The first kappa shape index (κ1) is 12.4. The summed E-state index contributed by atoms with van der Waals surface area (Å²) in [4.78, 5) is 11.9. The fourth-order valence-corrected chi connectivity index (χ4v) is 1.54. The first-order chi connectivity index (χ1) is 7.72. The van der Waals surface area contributed by atoms with E-state index in [4.69, 9.17) is 10.8 Å². The SMILES string of the molecule is C#CC(CCC)NC(=O)c1ccoc1CC. The van der Waals surface area contributed by atoms with E-state index in [0.29, 0.717) is 17.7 Å². The monoisotopic (exact) mass is 219 g/mol. The Morgan fingerprint density at radius 1 is 1.62 bits per heavy atom. The van der Waals surface area contributed by atoms with E-state index in [1.54, 1.807) is 6.07 Å². The largest absolute Gasteiger partial charge is 0.469 e. The van der Waals surface area contributed by atoms with Crippen LogP contribution in [0.5, 0.6) is 0 Å². The number of terminal acetylenes is 1. The van der Waals surface area contributed by atoms with E-state index in [0.717, 1.165) is 12.8 Å². The molecular formula is C13H17NO2. The Morgan fingerprint density at radius 2 is 2.38 bits per heavy atom. The lowest BCUT2D eigenvalue weighted by Gasteiger charge is -2.11. The zero-order valence-electron chi connectivity index (χ0n) is 9.75. The molecule has 0 saturated heterocycles. The second-order valence-corrected chi connectivity index (χ2v) is 3.59. The van der Waals surface area contributed by atoms with Gasteiger partial charge in [-0.15, -0.1) is 6.42 Å². The van der Waals surface area contributed by atoms with Gasteiger partial charge in [-0.25, -0.2) is 0 Å². The lowest BCUT2D eigenvalue weighted by Crippen LogP contribution is -2.33. The molecular weight excluding hydrogens is 202 g/mol. The molecule has 16 heavy (non-hydrogen) atoms. The van der Waals surface area contributed by atoms with E-state index in [9.17, 15) is 4.79 Å². The lowest BCUT2D eigenvalue weighted by molar-refractivity contribution is 0.0942. The average Bonchev–Trinajstić information content (AvgIpc) is 2.76. The van der Waals surface area contributed by atoms with Crippen molar-refractivity contribution < 1.29 is 9.21 Å². The van der Waals surface area contributed by atoms with Crippen LogP contribution in [0.4, 0.5) is 0 Å². The van der Waals surface area contributed by atoms with Gasteiger partial charge >= 0.3 is 0 Å². The van der Waals surface area contributed by atoms with Crippen molar-refractivity contribution in [2.24, 2.45) is 0 Å². The molecule has 0 aliphatic heterocycles. The summed E-state index contributed by atoms with van der Waals surface area (Å²) in [7, 11) is 0. The van der Waals surface area contributed by atoms with E-state index >= 15 is 0 Å². The minimum Gasteiger partial charge on any atom is -0.469 e. The van der Waals surface area contributed by atoms with Gasteiger partial charge < -0.3 is 9.73 Å². The lowest BCUT2D eigenvalue weighted by atomic mass is 10.1. The molecule has 1 rings (SSSR count). The number of carbonyl (C=O) groups excluding carboxylic acids is 1. The summed E-state index contributed by atoms with van der Waals surface area (Å²) in [6.45, 7) is 3.98. The number of aryl methyl sites for hydroxylation is 1. The van der Waals surface area contributed by atoms with Crippen LogP contribution in [0.2, 0.25) is 0 Å². The summed E-state index contributed by atoms with van der Waals surface area (Å²) in [5, 5.41) is 2.81. The van der Waals surface area contributed by atoms with Crippen LogP contribution in [0.3, 0.4) is 0 Å².